The Kier molecular flexibility index (Phi) is 1.90. The van der Waals surface area contributed by atoms with Crippen molar-refractivity contribution in [1.29, 1.82) is 0 Å². The molecule has 2 heterocycles. The third-order valence-corrected chi connectivity index (χ3v) is 7.31. The summed E-state index contributed by atoms with van der Waals surface area (Å²) in [5, 5.41) is 21.9. The second-order valence-electron chi connectivity index (χ2n) is 8.18. The van der Waals surface area contributed by atoms with Crippen LogP contribution in [-0.4, -0.2) is 52.2 Å². The Morgan fingerprint density at radius 1 is 1.39 bits per heavy atom. The topological polar surface area (TPSA) is 70.0 Å². The fourth-order valence-corrected chi connectivity index (χ4v) is 6.87. The van der Waals surface area contributed by atoms with Gasteiger partial charge in [0.1, 0.15) is 0 Å². The molecule has 0 aromatic heterocycles. The highest BCUT2D eigenvalue weighted by Gasteiger charge is 2.75. The zero-order chi connectivity index (χ0) is 15.7. The van der Waals surface area contributed by atoms with Gasteiger partial charge in [-0.05, 0) is 37.4 Å². The molecule has 5 heteroatoms. The number of nitrogens with zero attached hydrogens (tertiary/aromatic N) is 1. The lowest BCUT2D eigenvalue weighted by Gasteiger charge is -2.67. The van der Waals surface area contributed by atoms with Crippen LogP contribution in [0.1, 0.15) is 36.3 Å². The maximum Gasteiger partial charge on any atom is 0.173 e. The van der Waals surface area contributed by atoms with Gasteiger partial charge in [0.2, 0.25) is 0 Å². The minimum Gasteiger partial charge on any atom is -0.504 e. The number of ether oxygens (including phenoxy) is 1. The number of benzene rings is 1. The molecule has 6 atom stereocenters. The standard InChI is InChI=1S/C18H19NO4/c1-19-7-17-6-8-12-9(17)2-3-10(20)14(12)23-15-11(21)4-5-18(22,13(8)15)16(17)19/h2-3,8,13,15-16,20,22H,4-7H2,1H3. The number of fused-ring (bicyclic) bond motifs is 1. The minimum absolute atomic E-state index is 0.0406. The molecule has 1 aromatic rings. The zero-order valence-corrected chi connectivity index (χ0v) is 13.0. The van der Waals surface area contributed by atoms with Crippen LogP contribution < -0.4 is 4.74 Å². The van der Waals surface area contributed by atoms with E-state index in [4.69, 9.17) is 4.74 Å². The summed E-state index contributed by atoms with van der Waals surface area (Å²) >= 11 is 0. The number of rotatable bonds is 0. The van der Waals surface area contributed by atoms with Crippen molar-refractivity contribution in [3.05, 3.63) is 23.3 Å². The third kappa shape index (κ3) is 1.10. The number of likely N-dealkylation sites (N-methyl/N-ethyl adjacent to an activating group) is 1. The molecule has 4 bridgehead atoms. The maximum atomic E-state index is 12.5. The number of carbonyl (C=O) groups is 1. The van der Waals surface area contributed by atoms with E-state index in [2.05, 4.69) is 11.9 Å². The summed E-state index contributed by atoms with van der Waals surface area (Å²) in [7, 11) is 2.06. The monoisotopic (exact) mass is 313 g/mol. The van der Waals surface area contributed by atoms with Crippen LogP contribution in [0.5, 0.6) is 11.5 Å². The van der Waals surface area contributed by atoms with Crippen LogP contribution in [0.2, 0.25) is 0 Å². The fourth-order valence-electron chi connectivity index (χ4n) is 6.87. The molecule has 3 aliphatic carbocycles. The lowest BCUT2D eigenvalue weighted by molar-refractivity contribution is -0.222. The van der Waals surface area contributed by atoms with Crippen LogP contribution in [0.25, 0.3) is 0 Å². The number of carbonyl (C=O) groups excluding carboxylic acids is 1. The van der Waals surface area contributed by atoms with Crippen LogP contribution in [0.4, 0.5) is 0 Å². The molecule has 23 heavy (non-hydrogen) atoms. The number of Topliss-reactive ketones (excluding diaryl/α,β-unsaturated/α-hetero) is 1. The smallest absolute Gasteiger partial charge is 0.173 e. The van der Waals surface area contributed by atoms with Crippen molar-refractivity contribution in [1.82, 2.24) is 4.90 Å². The van der Waals surface area contributed by atoms with Crippen LogP contribution in [0.3, 0.4) is 0 Å². The zero-order valence-electron chi connectivity index (χ0n) is 13.0. The van der Waals surface area contributed by atoms with Gasteiger partial charge in [0.05, 0.1) is 5.60 Å². The van der Waals surface area contributed by atoms with Gasteiger partial charge in [-0.25, -0.2) is 0 Å². The van der Waals surface area contributed by atoms with Gasteiger partial charge < -0.3 is 14.9 Å². The molecular weight excluding hydrogens is 294 g/mol. The van der Waals surface area contributed by atoms with E-state index in [9.17, 15) is 15.0 Å². The van der Waals surface area contributed by atoms with E-state index in [1.54, 1.807) is 6.07 Å². The predicted octanol–water partition coefficient (Wildman–Crippen LogP) is 0.916. The molecule has 1 saturated heterocycles. The fraction of sp³-hybridized carbons (Fsp3) is 0.611. The number of phenols is 1. The number of phenolic OH excluding ortho intramolecular Hbond substituents is 1. The van der Waals surface area contributed by atoms with Gasteiger partial charge in [-0.3, -0.25) is 9.69 Å². The van der Waals surface area contributed by atoms with E-state index in [-0.39, 0.29) is 34.8 Å². The van der Waals surface area contributed by atoms with E-state index in [1.807, 2.05) is 6.07 Å². The van der Waals surface area contributed by atoms with Gasteiger partial charge in [-0.1, -0.05) is 6.07 Å². The Labute approximate surface area is 133 Å². The van der Waals surface area contributed by atoms with Crippen molar-refractivity contribution in [2.45, 2.75) is 48.3 Å². The van der Waals surface area contributed by atoms with E-state index in [1.165, 1.54) is 5.56 Å². The summed E-state index contributed by atoms with van der Waals surface area (Å²) in [4.78, 5) is 14.7. The predicted molar refractivity (Wildman–Crippen MR) is 80.7 cm³/mol. The average Bonchev–Trinajstić information content (AvgIpc) is 2.81. The Morgan fingerprint density at radius 3 is 3.00 bits per heavy atom. The first-order valence-electron chi connectivity index (χ1n) is 8.46. The Bertz CT molecular complexity index is 791. The highest BCUT2D eigenvalue weighted by Crippen LogP contribution is 2.71. The van der Waals surface area contributed by atoms with E-state index in [0.717, 1.165) is 18.5 Å². The molecule has 1 spiro atoms. The average molecular weight is 313 g/mol. The van der Waals surface area contributed by atoms with Crippen molar-refractivity contribution in [2.24, 2.45) is 5.92 Å². The lowest BCUT2D eigenvalue weighted by Crippen LogP contribution is -2.79. The minimum atomic E-state index is -0.874. The number of aliphatic hydroxyl groups is 1. The van der Waals surface area contributed by atoms with Crippen LogP contribution >= 0.6 is 0 Å². The van der Waals surface area contributed by atoms with Gasteiger partial charge >= 0.3 is 0 Å². The molecule has 0 amide bonds. The summed E-state index contributed by atoms with van der Waals surface area (Å²) in [6.07, 6.45) is 1.24. The van der Waals surface area contributed by atoms with Crippen molar-refractivity contribution in [3.8, 4) is 11.5 Å². The van der Waals surface area contributed by atoms with E-state index >= 15 is 0 Å². The van der Waals surface area contributed by atoms with Gasteiger partial charge in [-0.15, -0.1) is 0 Å². The largest absolute Gasteiger partial charge is 0.504 e. The molecule has 6 unspecified atom stereocenters. The summed E-state index contributed by atoms with van der Waals surface area (Å²) in [6.45, 7) is 0.930. The quantitative estimate of drug-likeness (QED) is 0.745. The Hall–Kier alpha value is -1.59. The molecule has 1 saturated carbocycles. The lowest BCUT2D eigenvalue weighted by atomic mass is 9.49. The molecule has 2 fully saturated rings. The van der Waals surface area contributed by atoms with Crippen LogP contribution in [0.15, 0.2) is 12.1 Å². The molecule has 5 aliphatic rings. The number of likely N-dealkylation sites (tertiary alicyclic amines) is 1. The molecule has 2 aliphatic heterocycles. The van der Waals surface area contributed by atoms with E-state index in [0.29, 0.717) is 18.6 Å². The molecular formula is C18H19NO4. The summed E-state index contributed by atoms with van der Waals surface area (Å²) in [5.74, 6) is 0.637. The second kappa shape index (κ2) is 3.42. The number of hydrogen-bond acceptors (Lipinski definition) is 5. The van der Waals surface area contributed by atoms with Crippen molar-refractivity contribution >= 4 is 5.78 Å². The number of aromatic hydroxyl groups is 1. The normalized spacial score (nSPS) is 48.5. The maximum absolute atomic E-state index is 12.5. The van der Waals surface area contributed by atoms with Gasteiger partial charge in [0.15, 0.2) is 23.4 Å². The molecule has 5 nitrogen and oxygen atoms in total. The van der Waals surface area contributed by atoms with Crippen molar-refractivity contribution in [2.75, 3.05) is 13.6 Å². The third-order valence-electron chi connectivity index (χ3n) is 7.31. The van der Waals surface area contributed by atoms with Crippen LogP contribution in [-0.2, 0) is 10.2 Å². The summed E-state index contributed by atoms with van der Waals surface area (Å²) in [5.41, 5.74) is 1.38. The molecule has 120 valence electrons. The SMILES string of the molecule is CN1CC23CC4c5c2ccc(O)c5OC2C(=O)CCC(O)(C24)C13. The van der Waals surface area contributed by atoms with Crippen molar-refractivity contribution in [3.63, 3.8) is 0 Å². The molecule has 2 N–H and O–H groups in total. The first-order chi connectivity index (χ1) is 11.0. The number of hydrogen-bond donors (Lipinski definition) is 2. The Morgan fingerprint density at radius 2 is 2.22 bits per heavy atom. The van der Waals surface area contributed by atoms with Crippen molar-refractivity contribution < 1.29 is 19.7 Å². The van der Waals surface area contributed by atoms with Crippen LogP contribution in [0, 0.1) is 5.92 Å². The van der Waals surface area contributed by atoms with E-state index < -0.39 is 11.7 Å². The summed E-state index contributed by atoms with van der Waals surface area (Å²) in [6, 6.07) is 3.75. The van der Waals surface area contributed by atoms with Gasteiger partial charge in [-0.2, -0.15) is 0 Å². The number of ketones is 1. The first-order valence-corrected chi connectivity index (χ1v) is 8.46. The van der Waals surface area contributed by atoms with Gasteiger partial charge in [0, 0.05) is 35.9 Å². The second-order valence-corrected chi connectivity index (χ2v) is 8.18. The first kappa shape index (κ1) is 12.8. The molecule has 1 aromatic carbocycles. The summed E-state index contributed by atoms with van der Waals surface area (Å²) < 4.78 is 6.01. The highest BCUT2D eigenvalue weighted by molar-refractivity contribution is 5.87. The van der Waals surface area contributed by atoms with Gasteiger partial charge in [0.25, 0.3) is 0 Å². The molecule has 0 radical (unpaired) electrons. The Balaban J connectivity index is 1.71. The molecule has 6 rings (SSSR count). The highest BCUT2D eigenvalue weighted by atomic mass is 16.5.